The number of carbonyl (C=O) groups is 1. The molecule has 0 heterocycles. The van der Waals surface area contributed by atoms with Crippen molar-refractivity contribution in [1.29, 1.82) is 5.26 Å². The molecule has 1 rings (SSSR count). The first-order valence-electron chi connectivity index (χ1n) is 5.96. The second-order valence-electron chi connectivity index (χ2n) is 5.22. The van der Waals surface area contributed by atoms with Gasteiger partial charge in [0, 0.05) is 6.42 Å². The smallest absolute Gasteiger partial charge is 0.451 e. The van der Waals surface area contributed by atoms with E-state index in [1.54, 1.807) is 6.08 Å². The van der Waals surface area contributed by atoms with Gasteiger partial charge in [0.1, 0.15) is 6.10 Å². The van der Waals surface area contributed by atoms with Crippen LogP contribution in [0.4, 0.5) is 13.2 Å². The lowest BCUT2D eigenvalue weighted by Gasteiger charge is -2.32. The minimum atomic E-state index is -4.98. The van der Waals surface area contributed by atoms with Gasteiger partial charge in [0.2, 0.25) is 0 Å². The van der Waals surface area contributed by atoms with Crippen LogP contribution in [-0.4, -0.2) is 18.2 Å². The van der Waals surface area contributed by atoms with Gasteiger partial charge < -0.3 is 4.74 Å². The van der Waals surface area contributed by atoms with Gasteiger partial charge in [0.25, 0.3) is 0 Å². The van der Waals surface area contributed by atoms with Crippen LogP contribution in [0.25, 0.3) is 0 Å². The summed E-state index contributed by atoms with van der Waals surface area (Å²) in [6.07, 6.45) is -3.20. The molecule has 0 aromatic carbocycles. The molecular weight excluding hydrogens is 259 g/mol. The summed E-state index contributed by atoms with van der Waals surface area (Å²) in [7, 11) is 0. The molecule has 2 unspecified atom stereocenters. The van der Waals surface area contributed by atoms with Crippen molar-refractivity contribution in [3.63, 3.8) is 0 Å². The Bertz CT molecular complexity index is 432. The van der Waals surface area contributed by atoms with Gasteiger partial charge >= 0.3 is 12.1 Å². The molecule has 0 saturated heterocycles. The molecule has 3 nitrogen and oxygen atoms in total. The average molecular weight is 275 g/mol. The zero-order chi connectivity index (χ0) is 14.8. The molecule has 0 spiro atoms. The van der Waals surface area contributed by atoms with E-state index < -0.39 is 23.7 Å². The first kappa shape index (κ1) is 15.5. The molecule has 0 amide bonds. The number of rotatable bonds is 3. The maximum atomic E-state index is 12.1. The zero-order valence-electron chi connectivity index (χ0n) is 11.0. The van der Waals surface area contributed by atoms with Crippen molar-refractivity contribution < 1.29 is 22.7 Å². The third-order valence-corrected chi connectivity index (χ3v) is 3.68. The van der Waals surface area contributed by atoms with Crippen molar-refractivity contribution in [1.82, 2.24) is 0 Å². The fourth-order valence-electron chi connectivity index (χ4n) is 2.49. The van der Waals surface area contributed by atoms with E-state index in [1.165, 1.54) is 6.92 Å². The van der Waals surface area contributed by atoms with Crippen LogP contribution >= 0.6 is 0 Å². The summed E-state index contributed by atoms with van der Waals surface area (Å²) in [5.74, 6) is -2.14. The number of esters is 1. The lowest BCUT2D eigenvalue weighted by Crippen LogP contribution is -2.33. The number of hydrogen-bond donors (Lipinski definition) is 0. The summed E-state index contributed by atoms with van der Waals surface area (Å²) >= 11 is 0. The maximum Gasteiger partial charge on any atom is 0.490 e. The fraction of sp³-hybridized carbons (Fsp3) is 0.692. The maximum absolute atomic E-state index is 12.1. The Hall–Kier alpha value is -1.51. The minimum Gasteiger partial charge on any atom is -0.451 e. The second kappa shape index (κ2) is 5.24. The number of nitrogens with zero attached hydrogens (tertiary/aromatic N) is 1. The lowest BCUT2D eigenvalue weighted by atomic mass is 9.74. The number of halogens is 3. The first-order valence-corrected chi connectivity index (χ1v) is 5.96. The molecule has 0 bridgehead atoms. The molecule has 0 radical (unpaired) electrons. The topological polar surface area (TPSA) is 50.1 Å². The highest BCUT2D eigenvalue weighted by atomic mass is 19.4. The highest BCUT2D eigenvalue weighted by molar-refractivity contribution is 5.76. The SMILES string of the molecule is CC(OC(=O)C(F)(F)F)C1=CCC(CC#N)C1(C)C. The number of hydrogen-bond acceptors (Lipinski definition) is 3. The summed E-state index contributed by atoms with van der Waals surface area (Å²) in [5.41, 5.74) is 0.200. The molecule has 0 fully saturated rings. The van der Waals surface area contributed by atoms with E-state index in [1.807, 2.05) is 13.8 Å². The molecule has 0 saturated carbocycles. The van der Waals surface area contributed by atoms with Crippen LogP contribution in [0.2, 0.25) is 0 Å². The van der Waals surface area contributed by atoms with Gasteiger partial charge in [-0.15, -0.1) is 0 Å². The molecule has 0 aromatic heterocycles. The van der Waals surface area contributed by atoms with E-state index in [9.17, 15) is 18.0 Å². The average Bonchev–Trinajstić information content (AvgIpc) is 2.53. The van der Waals surface area contributed by atoms with E-state index in [0.29, 0.717) is 18.4 Å². The summed E-state index contributed by atoms with van der Waals surface area (Å²) < 4.78 is 40.9. The van der Waals surface area contributed by atoms with Gasteiger partial charge in [-0.05, 0) is 30.3 Å². The summed E-state index contributed by atoms with van der Waals surface area (Å²) in [4.78, 5) is 10.8. The monoisotopic (exact) mass is 275 g/mol. The van der Waals surface area contributed by atoms with Crippen molar-refractivity contribution >= 4 is 5.97 Å². The molecule has 1 aliphatic carbocycles. The van der Waals surface area contributed by atoms with Gasteiger partial charge in [-0.3, -0.25) is 0 Å². The van der Waals surface area contributed by atoms with Crippen LogP contribution in [0.3, 0.4) is 0 Å². The van der Waals surface area contributed by atoms with Gasteiger partial charge in [0.15, 0.2) is 0 Å². The third-order valence-electron chi connectivity index (χ3n) is 3.68. The molecule has 106 valence electrons. The van der Waals surface area contributed by atoms with E-state index in [2.05, 4.69) is 10.8 Å². The van der Waals surface area contributed by atoms with Crippen LogP contribution < -0.4 is 0 Å². The van der Waals surface area contributed by atoms with E-state index >= 15 is 0 Å². The van der Waals surface area contributed by atoms with Gasteiger partial charge in [-0.1, -0.05) is 19.9 Å². The highest BCUT2D eigenvalue weighted by Gasteiger charge is 2.45. The van der Waals surface area contributed by atoms with Crippen LogP contribution in [0.1, 0.15) is 33.6 Å². The Morgan fingerprint density at radius 3 is 2.68 bits per heavy atom. The molecular formula is C13H16F3NO2. The van der Waals surface area contributed by atoms with Crippen molar-refractivity contribution in [3.05, 3.63) is 11.6 Å². The fourth-order valence-corrected chi connectivity index (χ4v) is 2.49. The van der Waals surface area contributed by atoms with Crippen LogP contribution in [0.15, 0.2) is 11.6 Å². The normalized spacial score (nSPS) is 23.4. The van der Waals surface area contributed by atoms with E-state index in [4.69, 9.17) is 5.26 Å². The Morgan fingerprint density at radius 1 is 1.63 bits per heavy atom. The molecule has 0 aliphatic heterocycles. The van der Waals surface area contributed by atoms with E-state index in [-0.39, 0.29) is 5.92 Å². The van der Waals surface area contributed by atoms with Gasteiger partial charge in [0.05, 0.1) is 6.07 Å². The van der Waals surface area contributed by atoms with Gasteiger partial charge in [-0.2, -0.15) is 18.4 Å². The Kier molecular flexibility index (Phi) is 4.28. The minimum absolute atomic E-state index is 0.0412. The Balaban J connectivity index is 2.77. The molecule has 19 heavy (non-hydrogen) atoms. The second-order valence-corrected chi connectivity index (χ2v) is 5.22. The van der Waals surface area contributed by atoms with E-state index in [0.717, 1.165) is 0 Å². The molecule has 1 aliphatic rings. The highest BCUT2D eigenvalue weighted by Crippen LogP contribution is 2.46. The number of allylic oxidation sites excluding steroid dienone is 1. The van der Waals surface area contributed by atoms with Crippen molar-refractivity contribution in [3.8, 4) is 6.07 Å². The summed E-state index contributed by atoms with van der Waals surface area (Å²) in [6.45, 7) is 5.13. The van der Waals surface area contributed by atoms with Crippen molar-refractivity contribution in [2.24, 2.45) is 11.3 Å². The van der Waals surface area contributed by atoms with Crippen molar-refractivity contribution in [2.45, 2.75) is 45.9 Å². The lowest BCUT2D eigenvalue weighted by molar-refractivity contribution is -0.203. The number of nitriles is 1. The quantitative estimate of drug-likeness (QED) is 0.586. The summed E-state index contributed by atoms with van der Waals surface area (Å²) in [6, 6.07) is 2.07. The van der Waals surface area contributed by atoms with Gasteiger partial charge in [-0.25, -0.2) is 4.79 Å². The summed E-state index contributed by atoms with van der Waals surface area (Å²) in [5, 5.41) is 8.73. The predicted molar refractivity (Wildman–Crippen MR) is 61.8 cm³/mol. The van der Waals surface area contributed by atoms with Crippen molar-refractivity contribution in [2.75, 3.05) is 0 Å². The Labute approximate surface area is 110 Å². The largest absolute Gasteiger partial charge is 0.490 e. The predicted octanol–water partition coefficient (Wildman–Crippen LogP) is 3.37. The number of alkyl halides is 3. The third kappa shape index (κ3) is 3.28. The molecule has 6 heteroatoms. The molecule has 2 atom stereocenters. The molecule has 0 aromatic rings. The van der Waals surface area contributed by atoms with Crippen LogP contribution in [-0.2, 0) is 9.53 Å². The Morgan fingerprint density at radius 2 is 2.21 bits per heavy atom. The zero-order valence-corrected chi connectivity index (χ0v) is 11.0. The van der Waals surface area contributed by atoms with Crippen LogP contribution in [0.5, 0.6) is 0 Å². The van der Waals surface area contributed by atoms with Crippen LogP contribution in [0, 0.1) is 22.7 Å². The molecule has 0 N–H and O–H groups in total. The number of carbonyl (C=O) groups excluding carboxylic acids is 1. The first-order chi connectivity index (χ1) is 8.60. The number of ether oxygens (including phenoxy) is 1. The standard InChI is InChI=1S/C13H16F3NO2/c1-8(19-11(18)13(14,15)16)10-5-4-9(6-7-17)12(10,2)3/h5,8-9H,4,6H2,1-3H3.